The van der Waals surface area contributed by atoms with Crippen LogP contribution in [-0.4, -0.2) is 20.2 Å². The van der Waals surface area contributed by atoms with E-state index >= 15 is 0 Å². The lowest BCUT2D eigenvalue weighted by molar-refractivity contribution is 0.293. The Morgan fingerprint density at radius 2 is 1.27 bits per heavy atom. The fourth-order valence-electron chi connectivity index (χ4n) is 2.06. The molecule has 0 atom stereocenters. The maximum absolute atomic E-state index is 10.5. The van der Waals surface area contributed by atoms with Crippen molar-refractivity contribution in [1.82, 2.24) is 15.0 Å². The first-order valence-corrected chi connectivity index (χ1v) is 7.36. The lowest BCUT2D eigenvalue weighted by atomic mass is 9.80. The average molecular weight is 300 g/mol. The molecule has 0 aliphatic rings. The van der Waals surface area contributed by atoms with Gasteiger partial charge < -0.3 is 0 Å². The van der Waals surface area contributed by atoms with E-state index in [9.17, 15) is 5.21 Å². The number of aromatic nitrogens is 3. The summed E-state index contributed by atoms with van der Waals surface area (Å²) in [6, 6.07) is 6.14. The minimum atomic E-state index is -0.0179. The lowest BCUT2D eigenvalue weighted by Crippen LogP contribution is -2.20. The molecule has 5 heteroatoms. The van der Waals surface area contributed by atoms with Crippen LogP contribution < -0.4 is 5.06 Å². The first kappa shape index (κ1) is 16.4. The molecule has 2 rings (SSSR count). The van der Waals surface area contributed by atoms with Crippen LogP contribution in [0.25, 0.3) is 0 Å². The Bertz CT molecular complexity index is 610. The van der Waals surface area contributed by atoms with Crippen molar-refractivity contribution in [3.63, 3.8) is 0 Å². The molecule has 0 spiro atoms. The van der Waals surface area contributed by atoms with Crippen LogP contribution in [0.3, 0.4) is 0 Å². The number of hydrogen-bond donors (Lipinski definition) is 1. The van der Waals surface area contributed by atoms with Gasteiger partial charge in [0.15, 0.2) is 0 Å². The molecule has 5 nitrogen and oxygen atoms in total. The standard InChI is InChI=1S/C17H24N4O/c1-16(2,3)12-7-13(17(4,5)6)9-14(8-12)21(22)15-19-10-18-11-20-15/h7-11,22H,1-6H3. The molecule has 0 bridgehead atoms. The van der Waals surface area contributed by atoms with Crippen LogP contribution >= 0.6 is 0 Å². The molecule has 2 aromatic rings. The first-order valence-electron chi connectivity index (χ1n) is 7.36. The van der Waals surface area contributed by atoms with Crippen molar-refractivity contribution in [2.24, 2.45) is 0 Å². The fourth-order valence-corrected chi connectivity index (χ4v) is 2.06. The highest BCUT2D eigenvalue weighted by molar-refractivity contribution is 5.58. The highest BCUT2D eigenvalue weighted by Gasteiger charge is 2.22. The summed E-state index contributed by atoms with van der Waals surface area (Å²) in [5, 5.41) is 11.5. The Morgan fingerprint density at radius 1 is 0.818 bits per heavy atom. The van der Waals surface area contributed by atoms with E-state index in [4.69, 9.17) is 0 Å². The summed E-state index contributed by atoms with van der Waals surface area (Å²) < 4.78 is 0. The topological polar surface area (TPSA) is 62.1 Å². The molecule has 0 radical (unpaired) electrons. The second-order valence-corrected chi connectivity index (χ2v) is 7.52. The van der Waals surface area contributed by atoms with Crippen molar-refractivity contribution < 1.29 is 5.21 Å². The van der Waals surface area contributed by atoms with Crippen molar-refractivity contribution in [2.45, 2.75) is 52.4 Å². The highest BCUT2D eigenvalue weighted by atomic mass is 16.5. The van der Waals surface area contributed by atoms with E-state index in [2.05, 4.69) is 62.6 Å². The number of hydrogen-bond acceptors (Lipinski definition) is 5. The summed E-state index contributed by atoms with van der Waals surface area (Å²) in [6.45, 7) is 12.9. The van der Waals surface area contributed by atoms with Crippen LogP contribution in [-0.2, 0) is 10.8 Å². The summed E-state index contributed by atoms with van der Waals surface area (Å²) in [5.41, 5.74) is 2.93. The number of nitrogens with zero attached hydrogens (tertiary/aromatic N) is 4. The summed E-state index contributed by atoms with van der Waals surface area (Å²) in [6.07, 6.45) is 2.73. The fraction of sp³-hybridized carbons (Fsp3) is 0.471. The largest absolute Gasteiger partial charge is 0.281 e. The Labute approximate surface area is 132 Å². The average Bonchev–Trinajstić information content (AvgIpc) is 2.45. The monoisotopic (exact) mass is 300 g/mol. The van der Waals surface area contributed by atoms with Crippen LogP contribution in [0.4, 0.5) is 11.6 Å². The maximum Gasteiger partial charge on any atom is 0.257 e. The SMILES string of the molecule is CC(C)(C)c1cc(N(O)c2ncncn2)cc(C(C)(C)C)c1. The van der Waals surface area contributed by atoms with Gasteiger partial charge in [-0.05, 0) is 34.1 Å². The van der Waals surface area contributed by atoms with Crippen LogP contribution in [0, 0.1) is 0 Å². The van der Waals surface area contributed by atoms with Gasteiger partial charge in [0.1, 0.15) is 12.7 Å². The molecule has 1 heterocycles. The van der Waals surface area contributed by atoms with E-state index in [0.29, 0.717) is 5.69 Å². The number of anilines is 2. The van der Waals surface area contributed by atoms with Gasteiger partial charge in [0.05, 0.1) is 5.69 Å². The lowest BCUT2D eigenvalue weighted by Gasteiger charge is -2.27. The van der Waals surface area contributed by atoms with Crippen molar-refractivity contribution in [1.29, 1.82) is 0 Å². The van der Waals surface area contributed by atoms with Gasteiger partial charge in [-0.3, -0.25) is 5.21 Å². The third-order valence-electron chi connectivity index (χ3n) is 3.56. The molecule has 0 unspecified atom stereocenters. The predicted octanol–water partition coefficient (Wildman–Crippen LogP) is 3.99. The zero-order valence-electron chi connectivity index (χ0n) is 14.1. The molecule has 22 heavy (non-hydrogen) atoms. The van der Waals surface area contributed by atoms with Crippen molar-refractivity contribution >= 4 is 11.6 Å². The number of benzene rings is 1. The molecular formula is C17H24N4O. The van der Waals surface area contributed by atoms with Crippen molar-refractivity contribution in [3.8, 4) is 0 Å². The van der Waals surface area contributed by atoms with Gasteiger partial charge in [0.2, 0.25) is 0 Å². The Balaban J connectivity index is 2.56. The van der Waals surface area contributed by atoms with Crippen LogP contribution in [0.1, 0.15) is 52.7 Å². The molecule has 0 aliphatic carbocycles. The van der Waals surface area contributed by atoms with Gasteiger partial charge in [0.25, 0.3) is 5.95 Å². The van der Waals surface area contributed by atoms with E-state index in [1.54, 1.807) is 0 Å². The van der Waals surface area contributed by atoms with E-state index in [1.807, 2.05) is 12.1 Å². The normalized spacial score (nSPS) is 12.3. The third kappa shape index (κ3) is 3.60. The summed E-state index contributed by atoms with van der Waals surface area (Å²) in [7, 11) is 0. The minimum absolute atomic E-state index is 0.0179. The molecule has 1 aromatic carbocycles. The highest BCUT2D eigenvalue weighted by Crippen LogP contribution is 2.34. The molecule has 0 saturated carbocycles. The third-order valence-corrected chi connectivity index (χ3v) is 3.56. The smallest absolute Gasteiger partial charge is 0.257 e. The molecule has 118 valence electrons. The van der Waals surface area contributed by atoms with Crippen molar-refractivity contribution in [2.75, 3.05) is 5.06 Å². The second kappa shape index (κ2) is 5.65. The molecule has 1 N–H and O–H groups in total. The van der Waals surface area contributed by atoms with Gasteiger partial charge in [-0.15, -0.1) is 0 Å². The van der Waals surface area contributed by atoms with Crippen LogP contribution in [0.15, 0.2) is 30.9 Å². The molecule has 0 fully saturated rings. The van der Waals surface area contributed by atoms with Gasteiger partial charge in [-0.2, -0.15) is 15.0 Å². The van der Waals surface area contributed by atoms with E-state index < -0.39 is 0 Å². The second-order valence-electron chi connectivity index (χ2n) is 7.52. The van der Waals surface area contributed by atoms with Gasteiger partial charge in [-0.25, -0.2) is 4.98 Å². The quantitative estimate of drug-likeness (QED) is 0.850. The number of rotatable bonds is 2. The molecule has 0 saturated heterocycles. The first-order chi connectivity index (χ1) is 10.1. The molecule has 1 aromatic heterocycles. The van der Waals surface area contributed by atoms with Crippen LogP contribution in [0.5, 0.6) is 0 Å². The molecule has 0 amide bonds. The summed E-state index contributed by atoms with van der Waals surface area (Å²) in [4.78, 5) is 11.8. The Hall–Kier alpha value is -2.01. The Morgan fingerprint density at radius 3 is 1.68 bits per heavy atom. The Kier molecular flexibility index (Phi) is 4.20. The predicted molar refractivity (Wildman–Crippen MR) is 87.6 cm³/mol. The van der Waals surface area contributed by atoms with E-state index in [1.165, 1.54) is 12.7 Å². The van der Waals surface area contributed by atoms with Crippen LogP contribution in [0.2, 0.25) is 0 Å². The minimum Gasteiger partial charge on any atom is -0.281 e. The zero-order valence-corrected chi connectivity index (χ0v) is 14.1. The van der Waals surface area contributed by atoms with Gasteiger partial charge in [0, 0.05) is 0 Å². The molecule has 0 aliphatic heterocycles. The van der Waals surface area contributed by atoms with Gasteiger partial charge >= 0.3 is 0 Å². The molecular weight excluding hydrogens is 276 g/mol. The van der Waals surface area contributed by atoms with E-state index in [-0.39, 0.29) is 16.8 Å². The maximum atomic E-state index is 10.5. The van der Waals surface area contributed by atoms with Crippen molar-refractivity contribution in [3.05, 3.63) is 42.0 Å². The van der Waals surface area contributed by atoms with Gasteiger partial charge in [-0.1, -0.05) is 47.6 Å². The summed E-state index contributed by atoms with van der Waals surface area (Å²) in [5.74, 6) is 0.209. The zero-order chi connectivity index (χ0) is 16.5. The summed E-state index contributed by atoms with van der Waals surface area (Å²) >= 11 is 0. The van der Waals surface area contributed by atoms with E-state index in [0.717, 1.165) is 16.2 Å².